The molecule has 0 radical (unpaired) electrons. The van der Waals surface area contributed by atoms with Crippen LogP contribution in [0.2, 0.25) is 0 Å². The highest BCUT2D eigenvalue weighted by Crippen LogP contribution is 2.33. The van der Waals surface area contributed by atoms with Crippen molar-refractivity contribution in [3.63, 3.8) is 0 Å². The van der Waals surface area contributed by atoms with Crippen LogP contribution >= 0.6 is 0 Å². The number of benzene rings is 2. The Bertz CT molecular complexity index is 2240. The van der Waals surface area contributed by atoms with E-state index in [2.05, 4.69) is 32.1 Å². The monoisotopic (exact) mass is 697 g/mol. The molecule has 2 aliphatic heterocycles. The summed E-state index contributed by atoms with van der Waals surface area (Å²) in [6.07, 6.45) is 4.69. The molecule has 7 rings (SSSR count). The fourth-order valence-corrected chi connectivity index (χ4v) is 7.13. The number of rotatable bonds is 7. The number of nitrogens with zero attached hydrogens (tertiary/aromatic N) is 6. The molecule has 51 heavy (non-hydrogen) atoms. The summed E-state index contributed by atoms with van der Waals surface area (Å²) in [4.78, 5) is 36.5. The van der Waals surface area contributed by atoms with Gasteiger partial charge in [0.05, 0.1) is 55.0 Å². The van der Waals surface area contributed by atoms with E-state index in [0.29, 0.717) is 28.9 Å². The van der Waals surface area contributed by atoms with Gasteiger partial charge in [-0.3, -0.25) is 14.5 Å². The number of aliphatic hydroxyl groups is 1. The molecule has 0 amide bonds. The quantitative estimate of drug-likeness (QED) is 0.246. The predicted octanol–water partition coefficient (Wildman–Crippen LogP) is 4.87. The number of ether oxygens (including phenoxy) is 1. The Morgan fingerprint density at radius 1 is 1.02 bits per heavy atom. The van der Waals surface area contributed by atoms with Crippen LogP contribution in [0.3, 0.4) is 0 Å². The van der Waals surface area contributed by atoms with Gasteiger partial charge in [-0.15, -0.1) is 0 Å². The van der Waals surface area contributed by atoms with E-state index in [-0.39, 0.29) is 33.4 Å². The molecule has 2 fully saturated rings. The predicted molar refractivity (Wildman–Crippen MR) is 193 cm³/mol. The zero-order valence-corrected chi connectivity index (χ0v) is 29.3. The third kappa shape index (κ3) is 6.41. The number of halogens is 2. The highest BCUT2D eigenvalue weighted by molar-refractivity contribution is 5.86. The number of hydrogen-bond donors (Lipinski definition) is 2. The molecule has 0 aliphatic carbocycles. The lowest BCUT2D eigenvalue weighted by molar-refractivity contribution is -0.0691. The largest absolute Gasteiger partial charge is 0.392 e. The van der Waals surface area contributed by atoms with Crippen molar-refractivity contribution in [2.45, 2.75) is 51.8 Å². The first-order valence-electron chi connectivity index (χ1n) is 17.0. The maximum atomic E-state index is 15.4. The highest BCUT2D eigenvalue weighted by Gasteiger charge is 2.32. The number of anilines is 3. The number of piperazine rings is 1. The van der Waals surface area contributed by atoms with Gasteiger partial charge in [0.1, 0.15) is 23.1 Å². The fourth-order valence-electron chi connectivity index (χ4n) is 7.13. The minimum atomic E-state index is -0.788. The normalized spacial score (nSPS) is 17.2. The van der Waals surface area contributed by atoms with Gasteiger partial charge in [0.15, 0.2) is 0 Å². The van der Waals surface area contributed by atoms with Crippen molar-refractivity contribution in [3.8, 4) is 16.8 Å². The molecular weight excluding hydrogens is 656 g/mol. The number of fused-ring (bicyclic) bond motifs is 1. The summed E-state index contributed by atoms with van der Waals surface area (Å²) in [6, 6.07) is 11.3. The summed E-state index contributed by atoms with van der Waals surface area (Å²) in [5.41, 5.74) is 1.09. The average molecular weight is 698 g/mol. The second-order valence-corrected chi connectivity index (χ2v) is 14.4. The molecule has 2 aliphatic rings. The minimum absolute atomic E-state index is 0.0448. The van der Waals surface area contributed by atoms with Gasteiger partial charge in [0, 0.05) is 61.5 Å². The lowest BCUT2D eigenvalue weighted by Gasteiger charge is -2.46. The second kappa shape index (κ2) is 13.3. The van der Waals surface area contributed by atoms with E-state index in [1.165, 1.54) is 29.1 Å². The van der Waals surface area contributed by atoms with Crippen molar-refractivity contribution in [3.05, 3.63) is 105 Å². The van der Waals surface area contributed by atoms with Crippen LogP contribution in [0.15, 0.2) is 70.6 Å². The lowest BCUT2D eigenvalue weighted by atomic mass is 9.84. The maximum Gasteiger partial charge on any atom is 0.282 e. The summed E-state index contributed by atoms with van der Waals surface area (Å²) in [5.74, 6) is -1.00. The van der Waals surface area contributed by atoms with Gasteiger partial charge in [0.25, 0.3) is 11.1 Å². The summed E-state index contributed by atoms with van der Waals surface area (Å²) in [6.45, 7) is 11.8. The summed E-state index contributed by atoms with van der Waals surface area (Å²) in [5, 5.41) is 18.2. The number of aromatic nitrogens is 4. The number of hydrogen-bond acceptors (Lipinski definition) is 9. The molecule has 5 heterocycles. The van der Waals surface area contributed by atoms with Gasteiger partial charge in [-0.25, -0.2) is 13.8 Å². The van der Waals surface area contributed by atoms with Crippen molar-refractivity contribution >= 4 is 28.0 Å². The lowest BCUT2D eigenvalue weighted by Crippen LogP contribution is -2.59. The summed E-state index contributed by atoms with van der Waals surface area (Å²) in [7, 11) is 1.56. The Labute approximate surface area is 293 Å². The van der Waals surface area contributed by atoms with Crippen LogP contribution in [0.5, 0.6) is 0 Å². The van der Waals surface area contributed by atoms with Gasteiger partial charge < -0.3 is 24.6 Å². The van der Waals surface area contributed by atoms with Gasteiger partial charge in [-0.05, 0) is 53.8 Å². The molecule has 3 aromatic heterocycles. The topological polar surface area (TPSA) is 118 Å². The number of nitrogens with one attached hydrogen (secondary N) is 1. The molecule has 0 bridgehead atoms. The first kappa shape index (κ1) is 34.5. The standard InChI is InChI=1S/C38H41F2N7O4/c1-22-17-45(26-20-51-21-26)10-11-46(22)25-6-9-34(41-15-25)43-32-12-23(18-44(5)36(32)49)27-13-24(39)14-33(29(27)19-48)47-37(50)35-28(16-42-47)30(38(2,3)4)7-8-31(35)40/h6-9,12-16,18,22,26,48H,10-11,17,19-21H2,1-5H3,(H,41,43). The Morgan fingerprint density at radius 2 is 1.80 bits per heavy atom. The number of aryl methyl sites for hydroxylation is 1. The van der Waals surface area contributed by atoms with Gasteiger partial charge in [-0.2, -0.15) is 9.78 Å². The van der Waals surface area contributed by atoms with Crippen molar-refractivity contribution in [1.29, 1.82) is 0 Å². The molecule has 1 atom stereocenters. The molecule has 2 saturated heterocycles. The van der Waals surface area contributed by atoms with Crippen LogP contribution in [0.1, 0.15) is 38.8 Å². The number of pyridine rings is 2. The Balaban J connectivity index is 1.22. The van der Waals surface area contributed by atoms with E-state index in [9.17, 15) is 14.7 Å². The number of aliphatic hydroxyl groups excluding tert-OH is 1. The third-order valence-corrected chi connectivity index (χ3v) is 9.92. The fraction of sp³-hybridized carbons (Fsp3) is 0.368. The first-order valence-corrected chi connectivity index (χ1v) is 17.0. The third-order valence-electron chi connectivity index (χ3n) is 9.92. The van der Waals surface area contributed by atoms with E-state index < -0.39 is 29.2 Å². The molecule has 2 N–H and O–H groups in total. The van der Waals surface area contributed by atoms with Crippen molar-refractivity contribution in [2.75, 3.05) is 43.1 Å². The first-order chi connectivity index (χ1) is 24.3. The molecule has 0 spiro atoms. The van der Waals surface area contributed by atoms with E-state index in [1.54, 1.807) is 25.4 Å². The maximum absolute atomic E-state index is 15.4. The molecular formula is C38H41F2N7O4. The van der Waals surface area contributed by atoms with Crippen LogP contribution in [-0.2, 0) is 23.8 Å². The van der Waals surface area contributed by atoms with Crippen LogP contribution < -0.4 is 21.3 Å². The molecule has 11 nitrogen and oxygen atoms in total. The summed E-state index contributed by atoms with van der Waals surface area (Å²) < 4.78 is 38.2. The van der Waals surface area contributed by atoms with Gasteiger partial charge >= 0.3 is 0 Å². The Morgan fingerprint density at radius 3 is 2.45 bits per heavy atom. The Kier molecular flexibility index (Phi) is 8.98. The van der Waals surface area contributed by atoms with E-state index in [0.717, 1.165) is 54.8 Å². The molecule has 5 aromatic rings. The van der Waals surface area contributed by atoms with Crippen LogP contribution in [-0.4, -0.2) is 74.3 Å². The van der Waals surface area contributed by atoms with E-state index in [4.69, 9.17) is 4.74 Å². The van der Waals surface area contributed by atoms with Gasteiger partial charge in [-0.1, -0.05) is 26.8 Å². The van der Waals surface area contributed by atoms with Crippen molar-refractivity contribution in [2.24, 2.45) is 7.05 Å². The van der Waals surface area contributed by atoms with E-state index >= 15 is 8.78 Å². The second-order valence-electron chi connectivity index (χ2n) is 14.4. The zero-order chi connectivity index (χ0) is 36.2. The highest BCUT2D eigenvalue weighted by atomic mass is 19.1. The molecule has 266 valence electrons. The Hall–Kier alpha value is -4.98. The SMILES string of the molecule is CC1CN(C2COC2)CCN1c1ccc(Nc2cc(-c3cc(F)cc(-n4ncc5c(C(C)(C)C)ccc(F)c5c4=O)c3CO)cn(C)c2=O)nc1. The molecule has 2 aromatic carbocycles. The minimum Gasteiger partial charge on any atom is -0.392 e. The smallest absolute Gasteiger partial charge is 0.282 e. The summed E-state index contributed by atoms with van der Waals surface area (Å²) >= 11 is 0. The van der Waals surface area contributed by atoms with Crippen LogP contribution in [0, 0.1) is 11.6 Å². The van der Waals surface area contributed by atoms with Crippen molar-refractivity contribution < 1.29 is 18.6 Å². The van der Waals surface area contributed by atoms with Crippen molar-refractivity contribution in [1.82, 2.24) is 24.2 Å². The van der Waals surface area contributed by atoms with Crippen LogP contribution in [0.25, 0.3) is 27.6 Å². The average Bonchev–Trinajstić information content (AvgIpc) is 3.06. The molecule has 0 saturated carbocycles. The molecule has 13 heteroatoms. The van der Waals surface area contributed by atoms with Gasteiger partial charge in [0.2, 0.25) is 0 Å². The molecule has 1 unspecified atom stereocenters. The van der Waals surface area contributed by atoms with E-state index in [1.807, 2.05) is 32.9 Å². The van der Waals surface area contributed by atoms with Crippen LogP contribution in [0.4, 0.5) is 26.0 Å². The zero-order valence-electron chi connectivity index (χ0n) is 29.3.